The summed E-state index contributed by atoms with van der Waals surface area (Å²) in [6.07, 6.45) is 0. The zero-order valence-corrected chi connectivity index (χ0v) is 27.4. The van der Waals surface area contributed by atoms with Crippen LogP contribution < -0.4 is 4.90 Å². The van der Waals surface area contributed by atoms with Gasteiger partial charge >= 0.3 is 0 Å². The number of fused-ring (bicyclic) bond motifs is 8. The number of hydrogen-bond acceptors (Lipinski definition) is 2. The number of hydrogen-bond donors (Lipinski definition) is 0. The van der Waals surface area contributed by atoms with Gasteiger partial charge in [0.2, 0.25) is 0 Å². The molecule has 10 aromatic rings. The number of aromatic nitrogens is 1. The van der Waals surface area contributed by atoms with E-state index in [0.29, 0.717) is 0 Å². The molecule has 230 valence electrons. The summed E-state index contributed by atoms with van der Waals surface area (Å²) in [5, 5.41) is 7.63. The molecule has 2 nitrogen and oxygen atoms in total. The Morgan fingerprint density at radius 2 is 1.02 bits per heavy atom. The maximum atomic E-state index is 2.45. The van der Waals surface area contributed by atoms with Gasteiger partial charge in [-0.2, -0.15) is 0 Å². The molecule has 0 N–H and O–H groups in total. The number of anilines is 3. The van der Waals surface area contributed by atoms with Gasteiger partial charge in [-0.15, -0.1) is 11.3 Å². The fourth-order valence-electron chi connectivity index (χ4n) is 7.56. The molecule has 0 aliphatic rings. The lowest BCUT2D eigenvalue weighted by Crippen LogP contribution is -2.10. The molecular formula is C46H30N2S. The average Bonchev–Trinajstić information content (AvgIpc) is 3.72. The van der Waals surface area contributed by atoms with Gasteiger partial charge in [-0.25, -0.2) is 0 Å². The van der Waals surface area contributed by atoms with Crippen LogP contribution in [0, 0.1) is 0 Å². The molecule has 3 heteroatoms. The Bertz CT molecular complexity index is 2830. The average molecular weight is 643 g/mol. The standard InChI is InChI=1S/C46H30N2S/c1-3-13-31(14-4-1)32-15-11-18-34(29-32)47(42-23-12-21-39-37(42)26-27-40-38-20-8-10-24-45(38)49-46(39)40)35-25-28-44-41(30-35)36-19-7-9-22-43(36)48(44)33-16-5-2-6-17-33/h1-30H. The van der Waals surface area contributed by atoms with Gasteiger partial charge in [0.1, 0.15) is 0 Å². The normalized spacial score (nSPS) is 11.7. The lowest BCUT2D eigenvalue weighted by molar-refractivity contribution is 1.18. The van der Waals surface area contributed by atoms with Crippen molar-refractivity contribution in [1.29, 1.82) is 0 Å². The van der Waals surface area contributed by atoms with Crippen LogP contribution in [0.3, 0.4) is 0 Å². The van der Waals surface area contributed by atoms with Gasteiger partial charge < -0.3 is 9.47 Å². The van der Waals surface area contributed by atoms with E-state index in [2.05, 4.69) is 191 Å². The highest BCUT2D eigenvalue weighted by Crippen LogP contribution is 2.46. The lowest BCUT2D eigenvalue weighted by atomic mass is 10.0. The molecule has 0 amide bonds. The van der Waals surface area contributed by atoms with E-state index in [-0.39, 0.29) is 0 Å². The molecule has 0 bridgehead atoms. The van der Waals surface area contributed by atoms with Gasteiger partial charge in [-0.05, 0) is 71.8 Å². The SMILES string of the molecule is c1ccc(-c2cccc(N(c3ccc4c(c3)c3ccccc3n4-c3ccccc3)c3cccc4c3ccc3c5ccccc5sc43)c2)cc1. The number of rotatable bonds is 5. The zero-order valence-electron chi connectivity index (χ0n) is 26.6. The smallest absolute Gasteiger partial charge is 0.0542 e. The van der Waals surface area contributed by atoms with Crippen molar-refractivity contribution in [2.24, 2.45) is 0 Å². The van der Waals surface area contributed by atoms with Crippen molar-refractivity contribution in [3.63, 3.8) is 0 Å². The summed E-state index contributed by atoms with van der Waals surface area (Å²) in [4.78, 5) is 2.45. The van der Waals surface area contributed by atoms with Crippen LogP contribution in [0.15, 0.2) is 182 Å². The summed E-state index contributed by atoms with van der Waals surface area (Å²) in [5.74, 6) is 0. The molecule has 49 heavy (non-hydrogen) atoms. The highest BCUT2D eigenvalue weighted by Gasteiger charge is 2.20. The Hall–Kier alpha value is -6.16. The predicted molar refractivity (Wildman–Crippen MR) is 211 cm³/mol. The molecule has 0 aliphatic heterocycles. The van der Waals surface area contributed by atoms with Crippen molar-refractivity contribution >= 4 is 81.1 Å². The topological polar surface area (TPSA) is 8.17 Å². The van der Waals surface area contributed by atoms with E-state index in [1.54, 1.807) is 0 Å². The summed E-state index contributed by atoms with van der Waals surface area (Å²) >= 11 is 1.89. The molecule has 0 saturated heterocycles. The van der Waals surface area contributed by atoms with Gasteiger partial charge in [0.05, 0.1) is 16.7 Å². The summed E-state index contributed by atoms with van der Waals surface area (Å²) in [5.41, 5.74) is 9.36. The quantitative estimate of drug-likeness (QED) is 0.181. The molecule has 0 spiro atoms. The lowest BCUT2D eigenvalue weighted by Gasteiger charge is -2.27. The Balaban J connectivity index is 1.25. The minimum Gasteiger partial charge on any atom is -0.310 e. The van der Waals surface area contributed by atoms with Crippen molar-refractivity contribution in [3.8, 4) is 16.8 Å². The molecule has 0 atom stereocenters. The first-order valence-electron chi connectivity index (χ1n) is 16.7. The maximum absolute atomic E-state index is 2.45. The molecular weight excluding hydrogens is 613 g/mol. The Labute approximate surface area is 288 Å². The molecule has 2 aromatic heterocycles. The first-order chi connectivity index (χ1) is 24.3. The van der Waals surface area contributed by atoms with Crippen molar-refractivity contribution in [2.75, 3.05) is 4.90 Å². The first kappa shape index (κ1) is 27.9. The fraction of sp³-hybridized carbons (Fsp3) is 0. The Morgan fingerprint density at radius 1 is 0.388 bits per heavy atom. The molecule has 0 aliphatic carbocycles. The van der Waals surface area contributed by atoms with E-state index in [4.69, 9.17) is 0 Å². The minimum absolute atomic E-state index is 1.12. The second-order valence-electron chi connectivity index (χ2n) is 12.6. The van der Waals surface area contributed by atoms with Gasteiger partial charge in [0.25, 0.3) is 0 Å². The van der Waals surface area contributed by atoms with Crippen LogP contribution in [-0.4, -0.2) is 4.57 Å². The third-order valence-corrected chi connectivity index (χ3v) is 11.0. The van der Waals surface area contributed by atoms with Crippen molar-refractivity contribution in [3.05, 3.63) is 182 Å². The van der Waals surface area contributed by atoms with Crippen molar-refractivity contribution in [2.45, 2.75) is 0 Å². The third-order valence-electron chi connectivity index (χ3n) is 9.76. The van der Waals surface area contributed by atoms with Crippen LogP contribution in [0.5, 0.6) is 0 Å². The molecule has 0 fully saturated rings. The zero-order chi connectivity index (χ0) is 32.3. The van der Waals surface area contributed by atoms with E-state index in [9.17, 15) is 0 Å². The fourth-order valence-corrected chi connectivity index (χ4v) is 8.79. The first-order valence-corrected chi connectivity index (χ1v) is 17.5. The van der Waals surface area contributed by atoms with Gasteiger partial charge in [0.15, 0.2) is 0 Å². The van der Waals surface area contributed by atoms with Crippen LogP contribution in [-0.2, 0) is 0 Å². The third kappa shape index (κ3) is 4.47. The van der Waals surface area contributed by atoms with E-state index >= 15 is 0 Å². The van der Waals surface area contributed by atoms with Crippen molar-refractivity contribution < 1.29 is 0 Å². The van der Waals surface area contributed by atoms with Crippen LogP contribution in [0.4, 0.5) is 17.1 Å². The number of para-hydroxylation sites is 2. The van der Waals surface area contributed by atoms with Crippen LogP contribution >= 0.6 is 11.3 Å². The number of thiophene rings is 1. The van der Waals surface area contributed by atoms with Gasteiger partial charge in [0, 0.05) is 58.8 Å². The summed E-state index contributed by atoms with van der Waals surface area (Å²) < 4.78 is 5.04. The molecule has 0 saturated carbocycles. The predicted octanol–water partition coefficient (Wildman–Crippen LogP) is 13.4. The summed E-state index contributed by atoms with van der Waals surface area (Å²) in [6.45, 7) is 0. The Morgan fingerprint density at radius 3 is 1.90 bits per heavy atom. The van der Waals surface area contributed by atoms with E-state index in [1.807, 2.05) is 11.3 Å². The van der Waals surface area contributed by atoms with E-state index in [1.165, 1.54) is 63.9 Å². The van der Waals surface area contributed by atoms with Crippen LogP contribution in [0.1, 0.15) is 0 Å². The summed E-state index contributed by atoms with van der Waals surface area (Å²) in [6, 6.07) is 66.1. The highest BCUT2D eigenvalue weighted by molar-refractivity contribution is 7.26. The second-order valence-corrected chi connectivity index (χ2v) is 13.6. The molecule has 8 aromatic carbocycles. The van der Waals surface area contributed by atoms with Crippen LogP contribution in [0.25, 0.3) is 69.6 Å². The highest BCUT2D eigenvalue weighted by atomic mass is 32.1. The van der Waals surface area contributed by atoms with Crippen molar-refractivity contribution in [1.82, 2.24) is 4.57 Å². The monoisotopic (exact) mass is 642 g/mol. The second kappa shape index (κ2) is 11.2. The number of benzene rings is 8. The van der Waals surface area contributed by atoms with Gasteiger partial charge in [-0.3, -0.25) is 0 Å². The van der Waals surface area contributed by atoms with Crippen LogP contribution in [0.2, 0.25) is 0 Å². The molecule has 2 heterocycles. The molecule has 10 rings (SSSR count). The Kier molecular flexibility index (Phi) is 6.39. The summed E-state index contributed by atoms with van der Waals surface area (Å²) in [7, 11) is 0. The van der Waals surface area contributed by atoms with Gasteiger partial charge in [-0.1, -0.05) is 121 Å². The largest absolute Gasteiger partial charge is 0.310 e. The minimum atomic E-state index is 1.12. The molecule has 0 unspecified atom stereocenters. The van der Waals surface area contributed by atoms with E-state index in [0.717, 1.165) is 22.7 Å². The molecule has 0 radical (unpaired) electrons. The van der Waals surface area contributed by atoms with E-state index < -0.39 is 0 Å². The maximum Gasteiger partial charge on any atom is 0.0542 e. The number of nitrogens with zero attached hydrogens (tertiary/aromatic N) is 2.